The molecule has 1 aromatic rings. The van der Waals surface area contributed by atoms with Gasteiger partial charge in [-0.3, -0.25) is 4.79 Å². The maximum atomic E-state index is 12.0. The van der Waals surface area contributed by atoms with Gasteiger partial charge in [0.05, 0.1) is 18.8 Å². The van der Waals surface area contributed by atoms with Gasteiger partial charge in [0.2, 0.25) is 5.91 Å². The van der Waals surface area contributed by atoms with Crippen LogP contribution in [0.3, 0.4) is 0 Å². The van der Waals surface area contributed by atoms with Gasteiger partial charge in [0.1, 0.15) is 12.4 Å². The number of nitrogens with one attached hydrogen (secondary N) is 1. The number of nitrogens with zero attached hydrogens (tertiary/aromatic N) is 1. The summed E-state index contributed by atoms with van der Waals surface area (Å²) in [4.78, 5) is 14.1. The number of carbonyl (C=O) groups is 1. The zero-order valence-corrected chi connectivity index (χ0v) is 12.2. The van der Waals surface area contributed by atoms with E-state index in [2.05, 4.69) is 17.1 Å². The van der Waals surface area contributed by atoms with Gasteiger partial charge < -0.3 is 20.7 Å². The van der Waals surface area contributed by atoms with E-state index < -0.39 is 0 Å². The molecule has 1 atom stereocenters. The fraction of sp³-hybridized carbons (Fsp3) is 0.533. The Morgan fingerprint density at radius 1 is 1.55 bits per heavy atom. The molecular weight excluding hydrogens is 254 g/mol. The Labute approximate surface area is 120 Å². The van der Waals surface area contributed by atoms with Gasteiger partial charge in [-0.1, -0.05) is 13.0 Å². The van der Waals surface area contributed by atoms with Gasteiger partial charge in [-0.15, -0.1) is 0 Å². The molecule has 1 heterocycles. The average Bonchev–Trinajstić information content (AvgIpc) is 2.46. The van der Waals surface area contributed by atoms with Gasteiger partial charge in [0, 0.05) is 12.6 Å². The van der Waals surface area contributed by atoms with Crippen LogP contribution in [0.15, 0.2) is 18.2 Å². The lowest BCUT2D eigenvalue weighted by Crippen LogP contribution is -2.43. The van der Waals surface area contributed by atoms with Gasteiger partial charge in [0.25, 0.3) is 0 Å². The molecule has 0 aromatic heterocycles. The van der Waals surface area contributed by atoms with Gasteiger partial charge in [-0.25, -0.2) is 0 Å². The number of nitrogens with two attached hydrogens (primary N) is 1. The highest BCUT2D eigenvalue weighted by Gasteiger charge is 2.20. The highest BCUT2D eigenvalue weighted by atomic mass is 16.5. The summed E-state index contributed by atoms with van der Waals surface area (Å²) in [6.07, 6.45) is 0.936. The molecule has 0 spiro atoms. The van der Waals surface area contributed by atoms with Gasteiger partial charge in [-0.05, 0) is 31.0 Å². The van der Waals surface area contributed by atoms with Crippen LogP contribution in [0.1, 0.15) is 25.8 Å². The summed E-state index contributed by atoms with van der Waals surface area (Å²) < 4.78 is 5.65. The third-order valence-corrected chi connectivity index (χ3v) is 3.57. The molecule has 1 aliphatic heterocycles. The molecule has 0 bridgehead atoms. The Bertz CT molecular complexity index is 476. The topological polar surface area (TPSA) is 67.6 Å². The first-order valence-corrected chi connectivity index (χ1v) is 7.14. The average molecular weight is 277 g/mol. The first-order valence-electron chi connectivity index (χ1n) is 7.14. The third kappa shape index (κ3) is 3.42. The summed E-state index contributed by atoms with van der Waals surface area (Å²) in [6.45, 7) is 6.25. The van der Waals surface area contributed by atoms with E-state index >= 15 is 0 Å². The van der Waals surface area contributed by atoms with E-state index in [1.807, 2.05) is 25.1 Å². The van der Waals surface area contributed by atoms with Crippen LogP contribution < -0.4 is 20.7 Å². The number of benzene rings is 1. The number of hydrogen-bond acceptors (Lipinski definition) is 4. The van der Waals surface area contributed by atoms with Gasteiger partial charge in [-0.2, -0.15) is 0 Å². The fourth-order valence-corrected chi connectivity index (χ4v) is 2.21. The first kappa shape index (κ1) is 14.7. The SMILES string of the molecule is CCC(C)NC(=O)CN1CCOc2cc(CN)ccc21. The van der Waals surface area contributed by atoms with Crippen molar-refractivity contribution in [2.45, 2.75) is 32.9 Å². The molecule has 2 rings (SSSR count). The van der Waals surface area contributed by atoms with E-state index in [9.17, 15) is 4.79 Å². The second kappa shape index (κ2) is 6.61. The van der Waals surface area contributed by atoms with E-state index in [1.165, 1.54) is 0 Å². The van der Waals surface area contributed by atoms with Crippen LogP contribution in [0.4, 0.5) is 5.69 Å². The summed E-state index contributed by atoms with van der Waals surface area (Å²) >= 11 is 0. The van der Waals surface area contributed by atoms with Crippen molar-refractivity contribution in [3.63, 3.8) is 0 Å². The molecule has 110 valence electrons. The highest BCUT2D eigenvalue weighted by molar-refractivity contribution is 5.82. The van der Waals surface area contributed by atoms with E-state index in [1.54, 1.807) is 0 Å². The van der Waals surface area contributed by atoms with Crippen molar-refractivity contribution >= 4 is 11.6 Å². The smallest absolute Gasteiger partial charge is 0.239 e. The van der Waals surface area contributed by atoms with Gasteiger partial charge in [0.15, 0.2) is 0 Å². The van der Waals surface area contributed by atoms with Crippen LogP contribution in [0, 0.1) is 0 Å². The molecular formula is C15H23N3O2. The Kier molecular flexibility index (Phi) is 4.84. The molecule has 5 nitrogen and oxygen atoms in total. The maximum absolute atomic E-state index is 12.0. The molecule has 1 aromatic carbocycles. The van der Waals surface area contributed by atoms with Crippen LogP contribution in [0.25, 0.3) is 0 Å². The lowest BCUT2D eigenvalue weighted by Gasteiger charge is -2.31. The first-order chi connectivity index (χ1) is 9.63. The summed E-state index contributed by atoms with van der Waals surface area (Å²) in [7, 11) is 0. The standard InChI is InChI=1S/C15H23N3O2/c1-3-11(2)17-15(19)10-18-6-7-20-14-8-12(9-16)4-5-13(14)18/h4-5,8,11H,3,6-7,9-10,16H2,1-2H3,(H,17,19). The largest absolute Gasteiger partial charge is 0.490 e. The van der Waals surface area contributed by atoms with Crippen molar-refractivity contribution in [2.75, 3.05) is 24.6 Å². The number of anilines is 1. The molecule has 1 unspecified atom stereocenters. The van der Waals surface area contributed by atoms with Crippen molar-refractivity contribution < 1.29 is 9.53 Å². The molecule has 0 saturated heterocycles. The molecule has 1 amide bonds. The minimum absolute atomic E-state index is 0.0510. The zero-order valence-electron chi connectivity index (χ0n) is 12.2. The summed E-state index contributed by atoms with van der Waals surface area (Å²) in [5.41, 5.74) is 7.64. The fourth-order valence-electron chi connectivity index (χ4n) is 2.21. The van der Waals surface area contributed by atoms with Crippen molar-refractivity contribution in [3.05, 3.63) is 23.8 Å². The summed E-state index contributed by atoms with van der Waals surface area (Å²) in [5, 5.41) is 2.99. The lowest BCUT2D eigenvalue weighted by molar-refractivity contribution is -0.120. The summed E-state index contributed by atoms with van der Waals surface area (Å²) in [6, 6.07) is 6.12. The Morgan fingerprint density at radius 2 is 2.35 bits per heavy atom. The van der Waals surface area contributed by atoms with Crippen molar-refractivity contribution in [2.24, 2.45) is 5.73 Å². The van der Waals surface area contributed by atoms with E-state index in [0.29, 0.717) is 19.7 Å². The van der Waals surface area contributed by atoms with Crippen molar-refractivity contribution in [1.82, 2.24) is 5.32 Å². The van der Waals surface area contributed by atoms with E-state index in [0.717, 1.165) is 30.0 Å². The van der Waals surface area contributed by atoms with Crippen LogP contribution >= 0.6 is 0 Å². The van der Waals surface area contributed by atoms with E-state index in [-0.39, 0.29) is 11.9 Å². The molecule has 0 saturated carbocycles. The van der Waals surface area contributed by atoms with Crippen LogP contribution in [0.5, 0.6) is 5.75 Å². The molecule has 3 N–H and O–H groups in total. The van der Waals surface area contributed by atoms with Crippen molar-refractivity contribution in [1.29, 1.82) is 0 Å². The minimum atomic E-state index is 0.0510. The second-order valence-corrected chi connectivity index (χ2v) is 5.15. The number of rotatable bonds is 5. The molecule has 0 radical (unpaired) electrons. The number of carbonyl (C=O) groups excluding carboxylic acids is 1. The molecule has 0 fully saturated rings. The van der Waals surface area contributed by atoms with E-state index in [4.69, 9.17) is 10.5 Å². The highest BCUT2D eigenvalue weighted by Crippen LogP contribution is 2.32. The lowest BCUT2D eigenvalue weighted by atomic mass is 10.1. The summed E-state index contributed by atoms with van der Waals surface area (Å²) in [5.74, 6) is 0.866. The minimum Gasteiger partial charge on any atom is -0.490 e. The molecule has 5 heteroatoms. The Balaban J connectivity index is 2.06. The Hall–Kier alpha value is -1.75. The van der Waals surface area contributed by atoms with Gasteiger partial charge >= 0.3 is 0 Å². The van der Waals surface area contributed by atoms with Crippen molar-refractivity contribution in [3.8, 4) is 5.75 Å². The molecule has 1 aliphatic rings. The van der Waals surface area contributed by atoms with Crippen LogP contribution in [-0.2, 0) is 11.3 Å². The number of fused-ring (bicyclic) bond motifs is 1. The quantitative estimate of drug-likeness (QED) is 0.850. The zero-order chi connectivity index (χ0) is 14.5. The van der Waals surface area contributed by atoms with Crippen LogP contribution in [-0.4, -0.2) is 31.6 Å². The third-order valence-electron chi connectivity index (χ3n) is 3.57. The normalized spacial score (nSPS) is 15.2. The number of ether oxygens (including phenoxy) is 1. The maximum Gasteiger partial charge on any atom is 0.239 e. The predicted molar refractivity (Wildman–Crippen MR) is 79.9 cm³/mol. The second-order valence-electron chi connectivity index (χ2n) is 5.15. The number of hydrogen-bond donors (Lipinski definition) is 2. The Morgan fingerprint density at radius 3 is 3.05 bits per heavy atom. The molecule has 20 heavy (non-hydrogen) atoms. The van der Waals surface area contributed by atoms with Crippen LogP contribution in [0.2, 0.25) is 0 Å². The monoisotopic (exact) mass is 277 g/mol. The molecule has 0 aliphatic carbocycles. The predicted octanol–water partition coefficient (Wildman–Crippen LogP) is 1.26. The number of amides is 1.